The Morgan fingerprint density at radius 3 is 1.45 bits per heavy atom. The Hall–Kier alpha value is -7.11. The molecule has 3 aliphatic heterocycles. The van der Waals surface area contributed by atoms with Crippen LogP contribution in [0.5, 0.6) is 0 Å². The van der Waals surface area contributed by atoms with E-state index in [4.69, 9.17) is 42.6 Å². The fourth-order valence-electron chi connectivity index (χ4n) is 20.4. The molecule has 32 nitrogen and oxygen atoms in total. The standard InChI is InChI=1S/C20H30O5.C19H32O6.C19H28O5.C19H34O5.C17H26O6.C17H30O5/c1-25-13-17(22)9-11-19(23)15-7-10-18-14(12-15)6-8-16(21)4-2-3-5-20(18)24;1-24-14-4-6-16(21)8-9-17(22)11-13-18-12-10-15(20)5-2-3-7-19(23)25-18;1-11-8-13-9-15(12(2)19(23)16(13)10-18(11)22)17(21)5-4-14(20)6-7-24-3;1-3-19(23)15-11-14(12-18(22)13-15)6-7-17(21)9-8-16(20)5-4-10-24-2;1-22-12-15(20)7-6-14(19)9-11-16-10-8-13(18)4-2-3-5-17(21)23-16;1-3-5-15-8-9-16(19)13(6-4-7-17(20)22-15)12-14(18)10-11-21-2/h14-15,18H,2-13H2,1H3;16,18,21H,2-14H2,1H3;11-13,15-16H,4-10H2,1-3H3;14-15,17-18,21-22H,3-13H2,1-2H3;16H,2-12H2,1H3;13,15,17,20H,3-12H2,1-2H3. The van der Waals surface area contributed by atoms with E-state index in [0.29, 0.717) is 276 Å². The maximum atomic E-state index is 12.6. The normalized spacial score (nSPS) is 25.9. The molecule has 0 aromatic heterocycles. The van der Waals surface area contributed by atoms with Gasteiger partial charge in [-0.1, -0.05) is 34.1 Å². The number of esters is 2. The lowest BCUT2D eigenvalue weighted by Crippen LogP contribution is -2.46. The van der Waals surface area contributed by atoms with Crippen LogP contribution >= 0.6 is 0 Å². The third kappa shape index (κ3) is 58.4. The summed E-state index contributed by atoms with van der Waals surface area (Å²) in [4.78, 5) is 227. The molecule has 8 aliphatic rings. The Balaban J connectivity index is 0.000000441. The number of cyclic esters (lactones) is 2. The summed E-state index contributed by atoms with van der Waals surface area (Å²) in [6.07, 6.45) is 28.2. The van der Waals surface area contributed by atoms with E-state index < -0.39 is 24.6 Å². The molecule has 3 saturated heterocycles. The van der Waals surface area contributed by atoms with Crippen molar-refractivity contribution in [3.63, 3.8) is 0 Å². The van der Waals surface area contributed by atoms with E-state index in [2.05, 4.69) is 6.92 Å². The van der Waals surface area contributed by atoms with E-state index in [-0.39, 0.29) is 240 Å². The molecule has 32 heteroatoms. The highest BCUT2D eigenvalue weighted by atomic mass is 16.6. The monoisotopic (exact) mass is 2030 g/mol. The Kier molecular flexibility index (Phi) is 70.3. The second-order valence-corrected chi connectivity index (χ2v) is 41.0. The van der Waals surface area contributed by atoms with Crippen LogP contribution in [-0.2, 0) is 134 Å². The lowest BCUT2D eigenvalue weighted by molar-refractivity contribution is -0.151. The average molecular weight is 2030 g/mol. The molecule has 5 saturated carbocycles. The highest BCUT2D eigenvalue weighted by Gasteiger charge is 2.48. The minimum Gasteiger partial charge on any atom is -0.462 e. The van der Waals surface area contributed by atoms with Gasteiger partial charge in [-0.15, -0.1) is 0 Å². The number of aliphatic hydroxyl groups excluding tert-OH is 4. The number of hydrogen-bond acceptors (Lipinski definition) is 32. The lowest BCUT2D eigenvalue weighted by Gasteiger charge is -2.42. The van der Waals surface area contributed by atoms with Gasteiger partial charge in [0.25, 0.3) is 0 Å². The summed E-state index contributed by atoms with van der Waals surface area (Å²) >= 11 is 0. The van der Waals surface area contributed by atoms with Crippen LogP contribution < -0.4 is 0 Å². The maximum absolute atomic E-state index is 12.6. The quantitative estimate of drug-likeness (QED) is 0.0324. The van der Waals surface area contributed by atoms with Crippen molar-refractivity contribution in [3.8, 4) is 0 Å². The Bertz CT molecular complexity index is 3850. The molecular weight excluding hydrogens is 1850 g/mol. The summed E-state index contributed by atoms with van der Waals surface area (Å²) < 4.78 is 45.5. The van der Waals surface area contributed by atoms with Crippen LogP contribution in [0, 0.1) is 65.1 Å². The van der Waals surface area contributed by atoms with Gasteiger partial charge in [0.15, 0.2) is 17.9 Å². The van der Waals surface area contributed by atoms with Crippen molar-refractivity contribution in [2.75, 3.05) is 82.3 Å². The third-order valence-corrected chi connectivity index (χ3v) is 29.2. The van der Waals surface area contributed by atoms with Crippen molar-refractivity contribution in [2.45, 2.75) is 443 Å². The lowest BCUT2D eigenvalue weighted by atomic mass is 9.60. The van der Waals surface area contributed by atoms with E-state index in [1.54, 1.807) is 35.4 Å². The van der Waals surface area contributed by atoms with E-state index in [1.165, 1.54) is 14.2 Å². The van der Waals surface area contributed by atoms with Gasteiger partial charge in [-0.3, -0.25) is 91.1 Å². The number of ether oxygens (including phenoxy) is 9. The van der Waals surface area contributed by atoms with Gasteiger partial charge in [-0.2, -0.15) is 0 Å². The summed E-state index contributed by atoms with van der Waals surface area (Å²) in [5.74, 6) is 0.870. The molecule has 0 bridgehead atoms. The van der Waals surface area contributed by atoms with Crippen LogP contribution in [0.15, 0.2) is 0 Å². The molecule has 18 unspecified atom stereocenters. The molecule has 143 heavy (non-hydrogen) atoms. The molecule has 0 radical (unpaired) electrons. The molecule has 8 rings (SSSR count). The number of carbonyl (C=O) groups is 19. The average Bonchev–Trinajstić information content (AvgIpc) is 0.775. The van der Waals surface area contributed by atoms with Crippen molar-refractivity contribution < 1.29 is 154 Å². The van der Waals surface area contributed by atoms with Gasteiger partial charge in [-0.05, 0) is 217 Å². The minimum absolute atomic E-state index is 0.0150. The first-order valence-corrected chi connectivity index (χ1v) is 54.0. The molecule has 0 aromatic rings. The van der Waals surface area contributed by atoms with E-state index in [0.717, 1.165) is 89.9 Å². The van der Waals surface area contributed by atoms with Crippen molar-refractivity contribution in [1.82, 2.24) is 0 Å². The van der Waals surface area contributed by atoms with E-state index >= 15 is 0 Å². The fraction of sp³-hybridized carbons (Fsp3) is 0.829. The predicted molar refractivity (Wildman–Crippen MR) is 534 cm³/mol. The second kappa shape index (κ2) is 77.3. The molecule has 8 fully saturated rings. The summed E-state index contributed by atoms with van der Waals surface area (Å²) in [7, 11) is 9.26. The minimum atomic E-state index is -0.755. The van der Waals surface area contributed by atoms with Crippen molar-refractivity contribution >= 4 is 110 Å². The topological polar surface area (TPSA) is 488 Å². The largest absolute Gasteiger partial charge is 0.462 e. The molecular formula is C111H180O32. The Morgan fingerprint density at radius 2 is 0.874 bits per heavy atom. The van der Waals surface area contributed by atoms with Crippen LogP contribution in [0.3, 0.4) is 0 Å². The number of aliphatic hydroxyl groups is 4. The first-order chi connectivity index (χ1) is 68.4. The van der Waals surface area contributed by atoms with Crippen LogP contribution in [0.1, 0.15) is 400 Å². The van der Waals surface area contributed by atoms with Crippen LogP contribution in [0.2, 0.25) is 0 Å². The van der Waals surface area contributed by atoms with Gasteiger partial charge >= 0.3 is 11.9 Å². The molecule has 18 atom stereocenters. The molecule has 0 aromatic carbocycles. The number of methoxy groups -OCH3 is 6. The number of fused-ring (bicyclic) bond motifs is 2. The molecule has 4 N–H and O–H groups in total. The Morgan fingerprint density at radius 1 is 0.371 bits per heavy atom. The van der Waals surface area contributed by atoms with Gasteiger partial charge in [0.05, 0.1) is 37.6 Å². The maximum Gasteiger partial charge on any atom is 0.306 e. The molecule has 0 amide bonds. The molecule has 816 valence electrons. The zero-order valence-electron chi connectivity index (χ0n) is 88.4. The third-order valence-electron chi connectivity index (χ3n) is 29.2. The number of hydrogen-bond donors (Lipinski definition) is 4. The number of carbonyl (C=O) groups excluding carboxylic acids is 19. The van der Waals surface area contributed by atoms with Crippen molar-refractivity contribution in [2.24, 2.45) is 65.1 Å². The number of ketones is 17. The highest BCUT2D eigenvalue weighted by Crippen LogP contribution is 2.46. The molecule has 3 heterocycles. The smallest absolute Gasteiger partial charge is 0.306 e. The van der Waals surface area contributed by atoms with E-state index in [1.807, 2.05) is 13.8 Å². The Labute approximate surface area is 850 Å². The van der Waals surface area contributed by atoms with Crippen LogP contribution in [0.4, 0.5) is 0 Å². The first kappa shape index (κ1) is 130. The van der Waals surface area contributed by atoms with Crippen molar-refractivity contribution in [1.29, 1.82) is 0 Å². The van der Waals surface area contributed by atoms with Crippen LogP contribution in [-0.4, -0.2) is 256 Å². The molecule has 0 spiro atoms. The van der Waals surface area contributed by atoms with Gasteiger partial charge in [0.2, 0.25) is 0 Å². The van der Waals surface area contributed by atoms with Crippen LogP contribution in [0.25, 0.3) is 0 Å². The van der Waals surface area contributed by atoms with Gasteiger partial charge in [0.1, 0.15) is 112 Å². The number of Topliss-reactive ketones (excluding diaryl/α,β-unsaturated/α-hetero) is 17. The molecule has 5 aliphatic carbocycles. The fourth-order valence-corrected chi connectivity index (χ4v) is 20.4. The zero-order valence-corrected chi connectivity index (χ0v) is 88.4. The predicted octanol–water partition coefficient (Wildman–Crippen LogP) is 15.7. The highest BCUT2D eigenvalue weighted by molar-refractivity contribution is 5.97. The number of rotatable bonds is 50. The summed E-state index contributed by atoms with van der Waals surface area (Å²) in [5.41, 5.74) is 0. The SMILES string of the molecule is CCC(=O)C1CC(O)CC(CCC(O)CCC(=O)CCCOC)C1.CCCC1CCC(=O)C(CC(=O)CCOC)CCCC(O)O1.COCC(=O)CCC(=O)C1CCC2C(=O)CCCCC(=O)CCC2C1.COCC(=O)CCC(=O)CCC1CCC(=O)CCCCC(=O)O1.COCCC(=O)CCC(=O)C1CC2CC(C)C(=O)CC2C(=O)C1C.COCCCC(O)CCC(=O)CCC1CCC(=O)CCCCC(=O)O1. The van der Waals surface area contributed by atoms with Gasteiger partial charge in [-0.25, -0.2) is 0 Å². The van der Waals surface area contributed by atoms with Gasteiger partial charge < -0.3 is 63.1 Å². The van der Waals surface area contributed by atoms with Crippen molar-refractivity contribution in [3.05, 3.63) is 0 Å². The first-order valence-electron chi connectivity index (χ1n) is 54.0. The summed E-state index contributed by atoms with van der Waals surface area (Å²) in [6, 6.07) is 0. The van der Waals surface area contributed by atoms with E-state index in [9.17, 15) is 112 Å². The zero-order chi connectivity index (χ0) is 106. The summed E-state index contributed by atoms with van der Waals surface area (Å²) in [5, 5.41) is 39.8. The summed E-state index contributed by atoms with van der Waals surface area (Å²) in [6.45, 7) is 9.70. The van der Waals surface area contributed by atoms with Gasteiger partial charge in [0, 0.05) is 270 Å². The second-order valence-electron chi connectivity index (χ2n) is 41.0.